The van der Waals surface area contributed by atoms with E-state index in [0.717, 1.165) is 0 Å². The molecular formula is C7H12O4. The fourth-order valence-electron chi connectivity index (χ4n) is 0.494. The Balaban J connectivity index is 4.55. The van der Waals surface area contributed by atoms with Crippen LogP contribution < -0.4 is 0 Å². The van der Waals surface area contributed by atoms with Gasteiger partial charge < -0.3 is 10.2 Å². The maximum Gasteiger partial charge on any atom is 0.309 e. The van der Waals surface area contributed by atoms with E-state index in [9.17, 15) is 9.59 Å². The second-order valence-electron chi connectivity index (χ2n) is 3.09. The van der Waals surface area contributed by atoms with Crippen LogP contribution in [0.4, 0.5) is 0 Å². The van der Waals surface area contributed by atoms with Crippen LogP contribution in [0.2, 0.25) is 0 Å². The quantitative estimate of drug-likeness (QED) is 0.640. The van der Waals surface area contributed by atoms with Gasteiger partial charge in [-0.3, -0.25) is 9.59 Å². The van der Waals surface area contributed by atoms with Crippen LogP contribution in [0.3, 0.4) is 0 Å². The molecule has 0 saturated carbocycles. The molecule has 0 amide bonds. The SMILES string of the molecule is CC(C(=O)O)C(C)(C)C(=O)O. The molecule has 11 heavy (non-hydrogen) atoms. The maximum absolute atomic E-state index is 10.5. The van der Waals surface area contributed by atoms with Gasteiger partial charge in [-0.15, -0.1) is 0 Å². The second kappa shape index (κ2) is 2.90. The number of carboxylic acids is 2. The van der Waals surface area contributed by atoms with Gasteiger partial charge in [0.05, 0.1) is 11.3 Å². The van der Waals surface area contributed by atoms with Gasteiger partial charge >= 0.3 is 11.9 Å². The molecule has 1 atom stereocenters. The maximum atomic E-state index is 10.5. The van der Waals surface area contributed by atoms with E-state index in [4.69, 9.17) is 10.2 Å². The highest BCUT2D eigenvalue weighted by molar-refractivity contribution is 5.82. The fraction of sp³-hybridized carbons (Fsp3) is 0.714. The minimum absolute atomic E-state index is 0.875. The van der Waals surface area contributed by atoms with Gasteiger partial charge in [-0.05, 0) is 13.8 Å². The fourth-order valence-corrected chi connectivity index (χ4v) is 0.494. The minimum Gasteiger partial charge on any atom is -0.481 e. The molecule has 0 spiro atoms. The Labute approximate surface area is 64.8 Å². The van der Waals surface area contributed by atoms with E-state index in [1.54, 1.807) is 0 Å². The number of rotatable bonds is 3. The second-order valence-corrected chi connectivity index (χ2v) is 3.09. The molecule has 0 radical (unpaired) electrons. The van der Waals surface area contributed by atoms with Crippen molar-refractivity contribution in [2.75, 3.05) is 0 Å². The summed E-state index contributed by atoms with van der Waals surface area (Å²) in [5.74, 6) is -3.05. The smallest absolute Gasteiger partial charge is 0.309 e. The van der Waals surface area contributed by atoms with Crippen LogP contribution in [0.25, 0.3) is 0 Å². The van der Waals surface area contributed by atoms with E-state index < -0.39 is 23.3 Å². The Bertz CT molecular complexity index is 183. The van der Waals surface area contributed by atoms with E-state index in [0.29, 0.717) is 0 Å². The third-order valence-electron chi connectivity index (χ3n) is 2.00. The standard InChI is InChI=1S/C7H12O4/c1-4(5(8)9)7(2,3)6(10)11/h4H,1-3H3,(H,8,9)(H,10,11). The van der Waals surface area contributed by atoms with Gasteiger partial charge in [0, 0.05) is 0 Å². The summed E-state index contributed by atoms with van der Waals surface area (Å²) in [5, 5.41) is 17.1. The highest BCUT2D eigenvalue weighted by Gasteiger charge is 2.38. The van der Waals surface area contributed by atoms with Gasteiger partial charge in [0.15, 0.2) is 0 Å². The van der Waals surface area contributed by atoms with Gasteiger partial charge in [0.25, 0.3) is 0 Å². The van der Waals surface area contributed by atoms with E-state index in [-0.39, 0.29) is 0 Å². The predicted octanol–water partition coefficient (Wildman–Crippen LogP) is 0.818. The van der Waals surface area contributed by atoms with E-state index >= 15 is 0 Å². The molecule has 0 aliphatic heterocycles. The average Bonchev–Trinajstić information content (AvgIpc) is 1.85. The van der Waals surface area contributed by atoms with Crippen LogP contribution in [-0.2, 0) is 9.59 Å². The predicted molar refractivity (Wildman–Crippen MR) is 38.2 cm³/mol. The van der Waals surface area contributed by atoms with Crippen LogP contribution in [0, 0.1) is 11.3 Å². The summed E-state index contributed by atoms with van der Waals surface area (Å²) >= 11 is 0. The summed E-state index contributed by atoms with van der Waals surface area (Å²) in [5.41, 5.74) is -1.20. The molecule has 0 aliphatic rings. The van der Waals surface area contributed by atoms with Crippen molar-refractivity contribution in [3.05, 3.63) is 0 Å². The van der Waals surface area contributed by atoms with Crippen LogP contribution in [-0.4, -0.2) is 22.2 Å². The summed E-state index contributed by atoms with van der Waals surface area (Å²) in [6, 6.07) is 0. The van der Waals surface area contributed by atoms with Gasteiger partial charge in [0.1, 0.15) is 0 Å². The largest absolute Gasteiger partial charge is 0.481 e. The number of carbonyl (C=O) groups is 2. The summed E-state index contributed by atoms with van der Waals surface area (Å²) in [7, 11) is 0. The lowest BCUT2D eigenvalue weighted by Crippen LogP contribution is -2.35. The molecule has 0 bridgehead atoms. The summed E-state index contributed by atoms with van der Waals surface area (Å²) in [4.78, 5) is 20.9. The third-order valence-corrected chi connectivity index (χ3v) is 2.00. The molecule has 1 unspecified atom stereocenters. The molecule has 0 aliphatic carbocycles. The zero-order chi connectivity index (χ0) is 9.23. The van der Waals surface area contributed by atoms with E-state index in [2.05, 4.69) is 0 Å². The van der Waals surface area contributed by atoms with Crippen molar-refractivity contribution < 1.29 is 19.8 Å². The zero-order valence-corrected chi connectivity index (χ0v) is 6.79. The molecule has 0 aromatic carbocycles. The van der Waals surface area contributed by atoms with Crippen molar-refractivity contribution in [3.63, 3.8) is 0 Å². The van der Waals surface area contributed by atoms with E-state index in [1.165, 1.54) is 20.8 Å². The Morgan fingerprint density at radius 2 is 1.64 bits per heavy atom. The molecule has 0 saturated heterocycles. The lowest BCUT2D eigenvalue weighted by atomic mass is 9.80. The molecule has 0 aromatic heterocycles. The lowest BCUT2D eigenvalue weighted by Gasteiger charge is -2.23. The molecule has 4 nitrogen and oxygen atoms in total. The molecule has 64 valence electrons. The van der Waals surface area contributed by atoms with Crippen molar-refractivity contribution >= 4 is 11.9 Å². The molecule has 0 rings (SSSR count). The third kappa shape index (κ3) is 1.93. The Morgan fingerprint density at radius 1 is 1.27 bits per heavy atom. The highest BCUT2D eigenvalue weighted by Crippen LogP contribution is 2.26. The first-order valence-corrected chi connectivity index (χ1v) is 3.26. The van der Waals surface area contributed by atoms with Crippen molar-refractivity contribution in [1.29, 1.82) is 0 Å². The van der Waals surface area contributed by atoms with Crippen LogP contribution in [0.5, 0.6) is 0 Å². The molecule has 0 aromatic rings. The molecule has 4 heteroatoms. The number of hydrogen-bond donors (Lipinski definition) is 2. The monoisotopic (exact) mass is 160 g/mol. The van der Waals surface area contributed by atoms with Crippen molar-refractivity contribution in [2.45, 2.75) is 20.8 Å². The molecule has 0 heterocycles. The Morgan fingerprint density at radius 3 is 1.73 bits per heavy atom. The topological polar surface area (TPSA) is 74.6 Å². The first kappa shape index (κ1) is 9.94. The first-order valence-electron chi connectivity index (χ1n) is 3.26. The molecular weight excluding hydrogens is 148 g/mol. The minimum atomic E-state index is -1.20. The number of aliphatic carboxylic acids is 2. The van der Waals surface area contributed by atoms with Crippen LogP contribution in [0.15, 0.2) is 0 Å². The summed E-state index contributed by atoms with van der Waals surface area (Å²) < 4.78 is 0. The van der Waals surface area contributed by atoms with Crippen molar-refractivity contribution in [2.24, 2.45) is 11.3 Å². The summed E-state index contributed by atoms with van der Waals surface area (Å²) in [6.07, 6.45) is 0. The molecule has 0 fully saturated rings. The van der Waals surface area contributed by atoms with Crippen LogP contribution >= 0.6 is 0 Å². The average molecular weight is 160 g/mol. The number of carboxylic acid groups (broad SMARTS) is 2. The van der Waals surface area contributed by atoms with Crippen LogP contribution in [0.1, 0.15) is 20.8 Å². The van der Waals surface area contributed by atoms with Gasteiger partial charge in [-0.2, -0.15) is 0 Å². The number of hydrogen-bond acceptors (Lipinski definition) is 2. The van der Waals surface area contributed by atoms with Gasteiger partial charge in [0.2, 0.25) is 0 Å². The van der Waals surface area contributed by atoms with Crippen molar-refractivity contribution in [1.82, 2.24) is 0 Å². The Kier molecular flexibility index (Phi) is 2.62. The van der Waals surface area contributed by atoms with Gasteiger partial charge in [-0.25, -0.2) is 0 Å². The summed E-state index contributed by atoms with van der Waals surface area (Å²) in [6.45, 7) is 4.18. The van der Waals surface area contributed by atoms with E-state index in [1.807, 2.05) is 0 Å². The lowest BCUT2D eigenvalue weighted by molar-refractivity contribution is -0.159. The van der Waals surface area contributed by atoms with Crippen molar-refractivity contribution in [3.8, 4) is 0 Å². The Hall–Kier alpha value is -1.06. The van der Waals surface area contributed by atoms with Gasteiger partial charge in [-0.1, -0.05) is 6.92 Å². The highest BCUT2D eigenvalue weighted by atomic mass is 16.4. The zero-order valence-electron chi connectivity index (χ0n) is 6.79. The normalized spacial score (nSPS) is 14.1. The first-order chi connectivity index (χ1) is 4.80. The molecule has 2 N–H and O–H groups in total.